The highest BCUT2D eigenvalue weighted by atomic mass is 16.2. The fourth-order valence-electron chi connectivity index (χ4n) is 1.78. The Hall–Kier alpha value is -2.02. The number of hydrogen-bond donors (Lipinski definition) is 2. The smallest absolute Gasteiger partial charge is 0.271 e. The summed E-state index contributed by atoms with van der Waals surface area (Å²) in [5.74, 6) is -0.453. The minimum absolute atomic E-state index is 0.00557. The van der Waals surface area contributed by atoms with Gasteiger partial charge in [0.25, 0.3) is 5.91 Å². The number of nitrogens with one attached hydrogen (secondary N) is 2. The molecule has 7 heteroatoms. The van der Waals surface area contributed by atoms with Gasteiger partial charge in [-0.2, -0.15) is 0 Å². The molecule has 2 amide bonds. The van der Waals surface area contributed by atoms with Gasteiger partial charge in [-0.3, -0.25) is 14.6 Å². The highest BCUT2D eigenvalue weighted by molar-refractivity contribution is 5.94. The van der Waals surface area contributed by atoms with Gasteiger partial charge in [0.1, 0.15) is 5.69 Å². The van der Waals surface area contributed by atoms with Crippen molar-refractivity contribution in [1.29, 1.82) is 0 Å². The van der Waals surface area contributed by atoms with E-state index in [1.807, 2.05) is 0 Å². The SMILES string of the molecule is Cc1cnc(C(=O)NCC(=O)N2CCNCC2)cn1. The molecule has 0 radical (unpaired) electrons. The molecule has 0 spiro atoms. The highest BCUT2D eigenvalue weighted by Crippen LogP contribution is 1.95. The normalized spacial score (nSPS) is 15.1. The summed E-state index contributed by atoms with van der Waals surface area (Å²) in [5, 5.41) is 5.73. The van der Waals surface area contributed by atoms with Crippen LogP contribution in [0.2, 0.25) is 0 Å². The molecule has 0 aliphatic carbocycles. The molecule has 2 N–H and O–H groups in total. The van der Waals surface area contributed by atoms with E-state index in [9.17, 15) is 9.59 Å². The van der Waals surface area contributed by atoms with Crippen molar-refractivity contribution in [1.82, 2.24) is 25.5 Å². The molecular formula is C12H17N5O2. The first kappa shape index (κ1) is 13.4. The Kier molecular flexibility index (Phi) is 4.40. The second-order valence-corrected chi connectivity index (χ2v) is 4.36. The first-order valence-electron chi connectivity index (χ1n) is 6.22. The van der Waals surface area contributed by atoms with Gasteiger partial charge in [0, 0.05) is 32.4 Å². The minimum atomic E-state index is -0.379. The van der Waals surface area contributed by atoms with Crippen molar-refractivity contribution < 1.29 is 9.59 Å². The average molecular weight is 263 g/mol. The topological polar surface area (TPSA) is 87.2 Å². The zero-order valence-electron chi connectivity index (χ0n) is 10.8. The molecule has 2 heterocycles. The van der Waals surface area contributed by atoms with Gasteiger partial charge in [-0.05, 0) is 6.92 Å². The molecule has 102 valence electrons. The maximum atomic E-state index is 11.8. The van der Waals surface area contributed by atoms with E-state index in [1.54, 1.807) is 11.8 Å². The van der Waals surface area contributed by atoms with E-state index < -0.39 is 0 Å². The monoisotopic (exact) mass is 263 g/mol. The average Bonchev–Trinajstić information content (AvgIpc) is 2.46. The van der Waals surface area contributed by atoms with Crippen LogP contribution in [0.4, 0.5) is 0 Å². The van der Waals surface area contributed by atoms with Gasteiger partial charge in [0.15, 0.2) is 0 Å². The summed E-state index contributed by atoms with van der Waals surface area (Å²) in [5.41, 5.74) is 0.965. The Morgan fingerprint density at radius 1 is 1.32 bits per heavy atom. The lowest BCUT2D eigenvalue weighted by Crippen LogP contribution is -2.49. The number of amides is 2. The van der Waals surface area contributed by atoms with E-state index in [0.717, 1.165) is 18.8 Å². The van der Waals surface area contributed by atoms with Crippen molar-refractivity contribution in [3.8, 4) is 0 Å². The van der Waals surface area contributed by atoms with Crippen LogP contribution in [0.15, 0.2) is 12.4 Å². The summed E-state index contributed by atoms with van der Waals surface area (Å²) in [4.78, 5) is 33.3. The van der Waals surface area contributed by atoms with Crippen LogP contribution in [0.5, 0.6) is 0 Å². The third-order valence-electron chi connectivity index (χ3n) is 2.88. The molecule has 1 aromatic rings. The minimum Gasteiger partial charge on any atom is -0.342 e. The molecule has 2 rings (SSSR count). The Balaban J connectivity index is 1.82. The van der Waals surface area contributed by atoms with Crippen LogP contribution in [0.25, 0.3) is 0 Å². The quantitative estimate of drug-likeness (QED) is 0.726. The number of carbonyl (C=O) groups is 2. The van der Waals surface area contributed by atoms with Crippen molar-refractivity contribution in [2.75, 3.05) is 32.7 Å². The fourth-order valence-corrected chi connectivity index (χ4v) is 1.78. The molecule has 1 aliphatic rings. The second kappa shape index (κ2) is 6.24. The maximum absolute atomic E-state index is 11.8. The van der Waals surface area contributed by atoms with E-state index in [0.29, 0.717) is 13.1 Å². The molecule has 1 aromatic heterocycles. The summed E-state index contributed by atoms with van der Waals surface area (Å²) >= 11 is 0. The summed E-state index contributed by atoms with van der Waals surface area (Å²) in [6, 6.07) is 0. The molecular weight excluding hydrogens is 246 g/mol. The standard InChI is InChI=1S/C12H17N5O2/c1-9-6-15-10(7-14-9)12(19)16-8-11(18)17-4-2-13-3-5-17/h6-7,13H,2-5,8H2,1H3,(H,16,19). The lowest BCUT2D eigenvalue weighted by molar-refractivity contribution is -0.130. The van der Waals surface area contributed by atoms with Gasteiger partial charge < -0.3 is 15.5 Å². The van der Waals surface area contributed by atoms with Gasteiger partial charge in [-0.1, -0.05) is 0 Å². The van der Waals surface area contributed by atoms with Crippen LogP contribution in [-0.2, 0) is 4.79 Å². The van der Waals surface area contributed by atoms with Crippen LogP contribution >= 0.6 is 0 Å². The zero-order valence-corrected chi connectivity index (χ0v) is 10.8. The van der Waals surface area contributed by atoms with Crippen LogP contribution < -0.4 is 10.6 Å². The highest BCUT2D eigenvalue weighted by Gasteiger charge is 2.17. The van der Waals surface area contributed by atoms with Crippen LogP contribution in [0.1, 0.15) is 16.2 Å². The third kappa shape index (κ3) is 3.72. The summed E-state index contributed by atoms with van der Waals surface area (Å²) in [6.07, 6.45) is 2.92. The predicted molar refractivity (Wildman–Crippen MR) is 68.6 cm³/mol. The van der Waals surface area contributed by atoms with Crippen LogP contribution in [0.3, 0.4) is 0 Å². The van der Waals surface area contributed by atoms with Crippen molar-refractivity contribution in [2.24, 2.45) is 0 Å². The molecule has 0 bridgehead atoms. The van der Waals surface area contributed by atoms with Crippen molar-refractivity contribution in [2.45, 2.75) is 6.92 Å². The lowest BCUT2D eigenvalue weighted by Gasteiger charge is -2.27. The Bertz CT molecular complexity index is 454. The number of nitrogens with zero attached hydrogens (tertiary/aromatic N) is 3. The number of aromatic nitrogens is 2. The third-order valence-corrected chi connectivity index (χ3v) is 2.88. The van der Waals surface area contributed by atoms with E-state index in [4.69, 9.17) is 0 Å². The van der Waals surface area contributed by atoms with E-state index in [1.165, 1.54) is 12.4 Å². The molecule has 0 saturated carbocycles. The van der Waals surface area contributed by atoms with Gasteiger partial charge in [-0.15, -0.1) is 0 Å². The lowest BCUT2D eigenvalue weighted by atomic mass is 10.3. The van der Waals surface area contributed by atoms with Crippen LogP contribution in [-0.4, -0.2) is 59.4 Å². The zero-order chi connectivity index (χ0) is 13.7. The van der Waals surface area contributed by atoms with Crippen LogP contribution in [0, 0.1) is 6.92 Å². The number of piperazine rings is 1. The largest absolute Gasteiger partial charge is 0.342 e. The fraction of sp³-hybridized carbons (Fsp3) is 0.500. The van der Waals surface area contributed by atoms with Gasteiger partial charge in [0.05, 0.1) is 18.4 Å². The Labute approximate surface area is 111 Å². The number of carbonyl (C=O) groups excluding carboxylic acids is 2. The Morgan fingerprint density at radius 3 is 2.68 bits per heavy atom. The van der Waals surface area contributed by atoms with Gasteiger partial charge in [-0.25, -0.2) is 4.98 Å². The van der Waals surface area contributed by atoms with Crippen molar-refractivity contribution in [3.05, 3.63) is 23.8 Å². The molecule has 0 atom stereocenters. The number of hydrogen-bond acceptors (Lipinski definition) is 5. The van der Waals surface area contributed by atoms with Gasteiger partial charge >= 0.3 is 0 Å². The van der Waals surface area contributed by atoms with E-state index in [2.05, 4.69) is 20.6 Å². The van der Waals surface area contributed by atoms with Crippen molar-refractivity contribution in [3.63, 3.8) is 0 Å². The van der Waals surface area contributed by atoms with E-state index >= 15 is 0 Å². The second-order valence-electron chi connectivity index (χ2n) is 4.36. The molecule has 7 nitrogen and oxygen atoms in total. The Morgan fingerprint density at radius 2 is 2.05 bits per heavy atom. The van der Waals surface area contributed by atoms with E-state index in [-0.39, 0.29) is 24.1 Å². The maximum Gasteiger partial charge on any atom is 0.271 e. The summed E-state index contributed by atoms with van der Waals surface area (Å²) in [7, 11) is 0. The number of aryl methyl sites for hydroxylation is 1. The summed E-state index contributed by atoms with van der Waals surface area (Å²) in [6.45, 7) is 4.74. The van der Waals surface area contributed by atoms with Crippen molar-refractivity contribution >= 4 is 11.8 Å². The molecule has 0 unspecified atom stereocenters. The first-order chi connectivity index (χ1) is 9.16. The number of rotatable bonds is 3. The molecule has 0 aromatic carbocycles. The molecule has 19 heavy (non-hydrogen) atoms. The molecule has 1 fully saturated rings. The predicted octanol–water partition coefficient (Wildman–Crippen LogP) is -1.05. The summed E-state index contributed by atoms with van der Waals surface area (Å²) < 4.78 is 0. The van der Waals surface area contributed by atoms with Gasteiger partial charge in [0.2, 0.25) is 5.91 Å². The molecule has 1 aliphatic heterocycles. The molecule has 1 saturated heterocycles. The first-order valence-corrected chi connectivity index (χ1v) is 6.22.